The van der Waals surface area contributed by atoms with Crippen molar-refractivity contribution in [2.45, 2.75) is 11.8 Å². The zero-order valence-corrected chi connectivity index (χ0v) is 12.4. The third-order valence-electron chi connectivity index (χ3n) is 3.51. The molecule has 1 heterocycles. The van der Waals surface area contributed by atoms with Crippen molar-refractivity contribution in [1.29, 1.82) is 0 Å². The lowest BCUT2D eigenvalue weighted by Gasteiger charge is -2.35. The van der Waals surface area contributed by atoms with E-state index in [0.29, 0.717) is 4.90 Å². The van der Waals surface area contributed by atoms with Crippen molar-refractivity contribution < 1.29 is 13.5 Å². The number of methoxy groups -OCH3 is 1. The van der Waals surface area contributed by atoms with Gasteiger partial charge in [0.2, 0.25) is 0 Å². The van der Waals surface area contributed by atoms with E-state index in [0.717, 1.165) is 43.2 Å². The number of benzene rings is 1. The van der Waals surface area contributed by atoms with Gasteiger partial charge in [0.15, 0.2) is 11.1 Å². The standard InChI is InChI=1S/C13H20N2O3S/c1-10-8-12(18-3)11(9-13(10)19(16)17)15-6-4-14(2)5-7-15/h8-9H,4-7H2,1-3H3,(H,16,17). The maximum atomic E-state index is 11.4. The van der Waals surface area contributed by atoms with Crippen molar-refractivity contribution in [3.63, 3.8) is 0 Å². The third-order valence-corrected chi connectivity index (χ3v) is 4.32. The van der Waals surface area contributed by atoms with Gasteiger partial charge in [0.1, 0.15) is 5.75 Å². The van der Waals surface area contributed by atoms with E-state index < -0.39 is 11.1 Å². The Morgan fingerprint density at radius 3 is 2.42 bits per heavy atom. The first-order valence-electron chi connectivity index (χ1n) is 6.26. The SMILES string of the molecule is COc1cc(C)c(S(=O)O)cc1N1CCN(C)CC1. The molecule has 1 unspecified atom stereocenters. The lowest BCUT2D eigenvalue weighted by atomic mass is 10.1. The van der Waals surface area contributed by atoms with E-state index in [2.05, 4.69) is 16.8 Å². The summed E-state index contributed by atoms with van der Waals surface area (Å²) < 4.78 is 26.1. The molecule has 5 nitrogen and oxygen atoms in total. The number of hydrogen-bond acceptors (Lipinski definition) is 4. The molecule has 1 saturated heterocycles. The first-order valence-corrected chi connectivity index (χ1v) is 7.36. The predicted octanol–water partition coefficient (Wildman–Crippen LogP) is 1.34. The maximum Gasteiger partial charge on any atom is 0.186 e. The third kappa shape index (κ3) is 3.08. The van der Waals surface area contributed by atoms with Gasteiger partial charge in [-0.15, -0.1) is 0 Å². The van der Waals surface area contributed by atoms with E-state index in [-0.39, 0.29) is 0 Å². The first kappa shape index (κ1) is 14.3. The van der Waals surface area contributed by atoms with Crippen LogP contribution in [0.1, 0.15) is 5.56 Å². The van der Waals surface area contributed by atoms with E-state index in [9.17, 15) is 8.76 Å². The maximum absolute atomic E-state index is 11.4. The molecular weight excluding hydrogens is 264 g/mol. The van der Waals surface area contributed by atoms with E-state index in [1.807, 2.05) is 13.0 Å². The minimum absolute atomic E-state index is 0.453. The van der Waals surface area contributed by atoms with Gasteiger partial charge >= 0.3 is 0 Å². The van der Waals surface area contributed by atoms with Crippen LogP contribution in [0.3, 0.4) is 0 Å². The summed E-state index contributed by atoms with van der Waals surface area (Å²) >= 11 is -1.97. The van der Waals surface area contributed by atoms with Crippen LogP contribution in [0.4, 0.5) is 5.69 Å². The molecule has 2 rings (SSSR count). The predicted molar refractivity (Wildman–Crippen MR) is 76.5 cm³/mol. The molecule has 0 saturated carbocycles. The van der Waals surface area contributed by atoms with Crippen LogP contribution >= 0.6 is 0 Å². The second-order valence-electron chi connectivity index (χ2n) is 4.83. The lowest BCUT2D eigenvalue weighted by molar-refractivity contribution is 0.311. The molecule has 0 amide bonds. The average Bonchev–Trinajstić information content (AvgIpc) is 2.39. The number of aryl methyl sites for hydroxylation is 1. The number of likely N-dealkylation sites (N-methyl/N-ethyl adjacent to an activating group) is 1. The molecule has 0 spiro atoms. The van der Waals surface area contributed by atoms with Gasteiger partial charge in [0.25, 0.3) is 0 Å². The molecular formula is C13H20N2O3S. The molecule has 0 aromatic heterocycles. The lowest BCUT2D eigenvalue weighted by Crippen LogP contribution is -2.44. The molecule has 6 heteroatoms. The van der Waals surface area contributed by atoms with Crippen molar-refractivity contribution >= 4 is 16.8 Å². The summed E-state index contributed by atoms with van der Waals surface area (Å²) in [7, 11) is 3.72. The van der Waals surface area contributed by atoms with Gasteiger partial charge in [0, 0.05) is 26.2 Å². The molecule has 1 atom stereocenters. The fourth-order valence-corrected chi connectivity index (χ4v) is 2.84. The number of nitrogens with zero attached hydrogens (tertiary/aromatic N) is 2. The highest BCUT2D eigenvalue weighted by Crippen LogP contribution is 2.33. The van der Waals surface area contributed by atoms with E-state index in [4.69, 9.17) is 4.74 Å². The summed E-state index contributed by atoms with van der Waals surface area (Å²) in [5, 5.41) is 0. The van der Waals surface area contributed by atoms with E-state index in [1.165, 1.54) is 0 Å². The van der Waals surface area contributed by atoms with Gasteiger partial charge in [-0.3, -0.25) is 0 Å². The van der Waals surface area contributed by atoms with Crippen molar-refractivity contribution in [2.75, 3.05) is 45.2 Å². The summed E-state index contributed by atoms with van der Waals surface area (Å²) in [6, 6.07) is 3.60. The molecule has 0 aliphatic carbocycles. The number of hydrogen-bond donors (Lipinski definition) is 1. The molecule has 1 aromatic rings. The summed E-state index contributed by atoms with van der Waals surface area (Å²) in [4.78, 5) is 4.92. The largest absolute Gasteiger partial charge is 0.495 e. The first-order chi connectivity index (χ1) is 9.02. The number of anilines is 1. The highest BCUT2D eigenvalue weighted by atomic mass is 32.2. The smallest absolute Gasteiger partial charge is 0.186 e. The topological polar surface area (TPSA) is 53.0 Å². The van der Waals surface area contributed by atoms with Crippen molar-refractivity contribution in [3.05, 3.63) is 17.7 Å². The van der Waals surface area contributed by atoms with Gasteiger partial charge in [-0.2, -0.15) is 0 Å². The quantitative estimate of drug-likeness (QED) is 0.849. The van der Waals surface area contributed by atoms with Crippen molar-refractivity contribution in [2.24, 2.45) is 0 Å². The van der Waals surface area contributed by atoms with Crippen molar-refractivity contribution in [1.82, 2.24) is 4.90 Å². The van der Waals surface area contributed by atoms with Crippen LogP contribution in [0, 0.1) is 6.92 Å². The van der Waals surface area contributed by atoms with Gasteiger partial charge < -0.3 is 19.1 Å². The minimum atomic E-state index is -1.97. The summed E-state index contributed by atoms with van der Waals surface area (Å²) in [5.74, 6) is 0.760. The number of piperazine rings is 1. The Balaban J connectivity index is 2.37. The zero-order chi connectivity index (χ0) is 14.0. The summed E-state index contributed by atoms with van der Waals surface area (Å²) in [6.07, 6.45) is 0. The molecule has 1 fully saturated rings. The normalized spacial score (nSPS) is 18.4. The Morgan fingerprint density at radius 2 is 1.89 bits per heavy atom. The second-order valence-corrected chi connectivity index (χ2v) is 5.77. The van der Waals surface area contributed by atoms with Gasteiger partial charge in [-0.05, 0) is 31.7 Å². The highest BCUT2D eigenvalue weighted by molar-refractivity contribution is 7.79. The molecule has 19 heavy (non-hydrogen) atoms. The van der Waals surface area contributed by atoms with E-state index >= 15 is 0 Å². The molecule has 1 N–H and O–H groups in total. The van der Waals surface area contributed by atoms with Gasteiger partial charge in [0.05, 0.1) is 17.7 Å². The Labute approximate surface area is 116 Å². The Kier molecular flexibility index (Phi) is 4.44. The Hall–Kier alpha value is -1.11. The molecule has 1 aromatic carbocycles. The van der Waals surface area contributed by atoms with E-state index in [1.54, 1.807) is 13.2 Å². The van der Waals surface area contributed by atoms with Crippen LogP contribution in [0.2, 0.25) is 0 Å². The number of ether oxygens (including phenoxy) is 1. The minimum Gasteiger partial charge on any atom is -0.495 e. The molecule has 106 valence electrons. The highest BCUT2D eigenvalue weighted by Gasteiger charge is 2.20. The van der Waals surface area contributed by atoms with Crippen molar-refractivity contribution in [3.8, 4) is 5.75 Å². The average molecular weight is 284 g/mol. The number of rotatable bonds is 3. The van der Waals surface area contributed by atoms with Crippen LogP contribution in [-0.4, -0.2) is 54.0 Å². The fourth-order valence-electron chi connectivity index (χ4n) is 2.30. The summed E-state index contributed by atoms with van der Waals surface area (Å²) in [6.45, 7) is 5.57. The van der Waals surface area contributed by atoms with Crippen LogP contribution in [-0.2, 0) is 11.1 Å². The second kappa shape index (κ2) is 5.90. The van der Waals surface area contributed by atoms with Crippen LogP contribution < -0.4 is 9.64 Å². The van der Waals surface area contributed by atoms with Gasteiger partial charge in [-0.1, -0.05) is 0 Å². The van der Waals surface area contributed by atoms with Crippen LogP contribution in [0.5, 0.6) is 5.75 Å². The fraction of sp³-hybridized carbons (Fsp3) is 0.538. The summed E-state index contributed by atoms with van der Waals surface area (Å²) in [5.41, 5.74) is 1.68. The zero-order valence-electron chi connectivity index (χ0n) is 11.5. The van der Waals surface area contributed by atoms with Crippen LogP contribution in [0.15, 0.2) is 17.0 Å². The molecule has 1 aliphatic heterocycles. The Bertz CT molecular complexity index is 485. The monoisotopic (exact) mass is 284 g/mol. The van der Waals surface area contributed by atoms with Crippen LogP contribution in [0.25, 0.3) is 0 Å². The molecule has 0 radical (unpaired) electrons. The molecule has 1 aliphatic rings. The molecule has 0 bridgehead atoms. The van der Waals surface area contributed by atoms with Gasteiger partial charge in [-0.25, -0.2) is 4.21 Å². The Morgan fingerprint density at radius 1 is 1.26 bits per heavy atom.